The van der Waals surface area contributed by atoms with Gasteiger partial charge in [-0.3, -0.25) is 5.32 Å². The Hall–Kier alpha value is -3.85. The Morgan fingerprint density at radius 3 is 2.28 bits per heavy atom. The molecule has 3 N–H and O–H groups in total. The van der Waals surface area contributed by atoms with E-state index in [0.29, 0.717) is 16.8 Å². The van der Waals surface area contributed by atoms with E-state index in [9.17, 15) is 18.7 Å². The molecular weight excluding hydrogens is 416 g/mol. The van der Waals surface area contributed by atoms with Gasteiger partial charge in [0.2, 0.25) is 0 Å². The minimum absolute atomic E-state index is 0.280. The van der Waals surface area contributed by atoms with Gasteiger partial charge in [-0.05, 0) is 61.9 Å². The lowest BCUT2D eigenvalue weighted by Crippen LogP contribution is -2.43. The molecule has 32 heavy (non-hydrogen) atoms. The number of hydrogen-bond donors (Lipinski definition) is 3. The Bertz CT molecular complexity index is 1250. The van der Waals surface area contributed by atoms with Gasteiger partial charge in [0, 0.05) is 5.39 Å². The largest absolute Gasteiger partial charge is 0.388 e. The van der Waals surface area contributed by atoms with Crippen LogP contribution in [0.5, 0.6) is 0 Å². The number of fused-ring (bicyclic) bond motifs is 1. The van der Waals surface area contributed by atoms with Crippen molar-refractivity contribution in [3.63, 3.8) is 0 Å². The Morgan fingerprint density at radius 2 is 1.66 bits per heavy atom. The van der Waals surface area contributed by atoms with Gasteiger partial charge >= 0.3 is 6.03 Å². The van der Waals surface area contributed by atoms with Gasteiger partial charge in [-0.2, -0.15) is 5.10 Å². The quantitative estimate of drug-likeness (QED) is 0.433. The van der Waals surface area contributed by atoms with Crippen molar-refractivity contribution in [2.75, 3.05) is 5.32 Å². The number of urea groups is 1. The van der Waals surface area contributed by atoms with Crippen LogP contribution in [0.15, 0.2) is 67.0 Å². The van der Waals surface area contributed by atoms with Crippen LogP contribution in [0.25, 0.3) is 16.6 Å². The highest BCUT2D eigenvalue weighted by Gasteiger charge is 2.30. The lowest BCUT2D eigenvalue weighted by Gasteiger charge is -2.30. The van der Waals surface area contributed by atoms with Crippen molar-refractivity contribution >= 4 is 22.8 Å². The van der Waals surface area contributed by atoms with E-state index in [1.165, 1.54) is 36.4 Å². The molecule has 0 saturated carbocycles. The molecule has 2 heterocycles. The van der Waals surface area contributed by atoms with Crippen LogP contribution < -0.4 is 10.6 Å². The van der Waals surface area contributed by atoms with Crippen LogP contribution in [0.2, 0.25) is 0 Å². The summed E-state index contributed by atoms with van der Waals surface area (Å²) in [6.45, 7) is 3.10. The number of aromatic nitrogens is 3. The molecular formula is C23H21F2N5O2. The number of nitrogens with one attached hydrogen (secondary N) is 2. The van der Waals surface area contributed by atoms with Crippen LogP contribution in [0, 0.1) is 11.6 Å². The molecule has 1 unspecified atom stereocenters. The zero-order valence-electron chi connectivity index (χ0n) is 17.4. The number of hydrogen-bond acceptors (Lipinski definition) is 4. The maximum atomic E-state index is 13.3. The van der Waals surface area contributed by atoms with Crippen molar-refractivity contribution in [3.05, 3.63) is 84.2 Å². The summed E-state index contributed by atoms with van der Waals surface area (Å²) in [7, 11) is 0. The zero-order chi connectivity index (χ0) is 22.9. The molecule has 2 aromatic carbocycles. The molecule has 2 amide bonds. The van der Waals surface area contributed by atoms with Gasteiger partial charge in [0.1, 0.15) is 17.5 Å². The van der Waals surface area contributed by atoms with E-state index in [2.05, 4.69) is 20.7 Å². The van der Waals surface area contributed by atoms with Gasteiger partial charge < -0.3 is 10.4 Å². The fraction of sp³-hybridized carbons (Fsp3) is 0.174. The monoisotopic (exact) mass is 437 g/mol. The normalized spacial score (nSPS) is 12.5. The van der Waals surface area contributed by atoms with Crippen LogP contribution in [0.3, 0.4) is 0 Å². The molecule has 0 saturated heterocycles. The first-order valence-electron chi connectivity index (χ1n) is 9.86. The van der Waals surface area contributed by atoms with Crippen LogP contribution in [-0.4, -0.2) is 31.5 Å². The summed E-state index contributed by atoms with van der Waals surface area (Å²) in [5.74, 6) is -0.473. The Kier molecular flexibility index (Phi) is 5.58. The molecule has 2 aromatic heterocycles. The summed E-state index contributed by atoms with van der Waals surface area (Å²) in [4.78, 5) is 16.9. The Morgan fingerprint density at radius 1 is 1.03 bits per heavy atom. The molecule has 0 bridgehead atoms. The number of aliphatic hydroxyl groups is 1. The van der Waals surface area contributed by atoms with Crippen molar-refractivity contribution in [2.45, 2.75) is 25.5 Å². The fourth-order valence-corrected chi connectivity index (χ4v) is 3.39. The molecule has 4 rings (SSSR count). The number of carbonyl (C=O) groups is 1. The number of amides is 2. The van der Waals surface area contributed by atoms with Crippen LogP contribution >= 0.6 is 0 Å². The van der Waals surface area contributed by atoms with E-state index in [0.717, 1.165) is 5.39 Å². The molecule has 1 atom stereocenters. The number of anilines is 1. The van der Waals surface area contributed by atoms with E-state index < -0.39 is 23.5 Å². The van der Waals surface area contributed by atoms with Gasteiger partial charge in [-0.1, -0.05) is 12.1 Å². The number of halogens is 2. The van der Waals surface area contributed by atoms with Crippen LogP contribution in [-0.2, 0) is 0 Å². The number of pyridine rings is 1. The minimum atomic E-state index is -1.30. The molecule has 7 nitrogen and oxygen atoms in total. The molecule has 0 aliphatic carbocycles. The second-order valence-electron chi connectivity index (χ2n) is 7.90. The molecule has 0 aliphatic rings. The van der Waals surface area contributed by atoms with Crippen molar-refractivity contribution in [3.8, 4) is 5.69 Å². The Balaban J connectivity index is 1.52. The fourth-order valence-electron chi connectivity index (χ4n) is 3.39. The van der Waals surface area contributed by atoms with E-state index in [1.807, 2.05) is 0 Å². The van der Waals surface area contributed by atoms with Gasteiger partial charge in [-0.15, -0.1) is 0 Å². The average Bonchev–Trinajstić information content (AvgIpc) is 3.16. The highest BCUT2D eigenvalue weighted by molar-refractivity contribution is 5.91. The minimum Gasteiger partial charge on any atom is -0.388 e. The molecule has 0 fully saturated rings. The molecule has 4 aromatic rings. The topological polar surface area (TPSA) is 92.1 Å². The SMILES string of the molecule is CC(C)(O)C(NC(=O)Nc1cc2cnn(-c3ccc(F)cc3)c2cn1)c1ccc(F)cc1. The van der Waals surface area contributed by atoms with Gasteiger partial charge in [0.25, 0.3) is 0 Å². The second kappa shape index (κ2) is 8.35. The number of carbonyl (C=O) groups excluding carboxylic acids is 1. The summed E-state index contributed by atoms with van der Waals surface area (Å²) in [5.41, 5.74) is 0.610. The average molecular weight is 437 g/mol. The predicted octanol–water partition coefficient (Wildman–Crippen LogP) is 4.33. The van der Waals surface area contributed by atoms with Crippen LogP contribution in [0.4, 0.5) is 19.4 Å². The third-order valence-electron chi connectivity index (χ3n) is 4.95. The first-order chi connectivity index (χ1) is 15.2. The summed E-state index contributed by atoms with van der Waals surface area (Å²) >= 11 is 0. The second-order valence-corrected chi connectivity index (χ2v) is 7.90. The number of rotatable bonds is 5. The summed E-state index contributed by atoms with van der Waals surface area (Å²) in [6, 6.07) is 11.7. The van der Waals surface area contributed by atoms with Gasteiger partial charge in [0.15, 0.2) is 0 Å². The highest BCUT2D eigenvalue weighted by Crippen LogP contribution is 2.26. The molecule has 9 heteroatoms. The van der Waals surface area contributed by atoms with E-state index in [-0.39, 0.29) is 11.6 Å². The maximum Gasteiger partial charge on any atom is 0.320 e. The molecule has 0 aliphatic heterocycles. The van der Waals surface area contributed by atoms with Crippen molar-refractivity contribution in [1.29, 1.82) is 0 Å². The van der Waals surface area contributed by atoms with E-state index in [4.69, 9.17) is 0 Å². The third kappa shape index (κ3) is 4.57. The first kappa shape index (κ1) is 21.4. The number of nitrogens with zero attached hydrogens (tertiary/aromatic N) is 3. The van der Waals surface area contributed by atoms with Crippen LogP contribution in [0.1, 0.15) is 25.5 Å². The lowest BCUT2D eigenvalue weighted by molar-refractivity contribution is 0.0415. The van der Waals surface area contributed by atoms with Crippen molar-refractivity contribution < 1.29 is 18.7 Å². The first-order valence-corrected chi connectivity index (χ1v) is 9.86. The summed E-state index contributed by atoms with van der Waals surface area (Å²) < 4.78 is 28.1. The lowest BCUT2D eigenvalue weighted by atomic mass is 9.92. The molecule has 0 radical (unpaired) electrons. The molecule has 0 spiro atoms. The smallest absolute Gasteiger partial charge is 0.320 e. The van der Waals surface area contributed by atoms with Gasteiger partial charge in [0.05, 0.1) is 35.2 Å². The maximum absolute atomic E-state index is 13.3. The highest BCUT2D eigenvalue weighted by atomic mass is 19.1. The van der Waals surface area contributed by atoms with Crippen molar-refractivity contribution in [1.82, 2.24) is 20.1 Å². The standard InChI is InChI=1S/C23H21F2N5O2/c1-23(2,32)21(14-3-5-16(24)6-4-14)29-22(31)28-20-11-15-12-27-30(19(15)13-26-20)18-9-7-17(25)8-10-18/h3-13,21,32H,1-2H3,(H2,26,28,29,31). The van der Waals surface area contributed by atoms with Gasteiger partial charge in [-0.25, -0.2) is 23.2 Å². The van der Waals surface area contributed by atoms with E-state index >= 15 is 0 Å². The zero-order valence-corrected chi connectivity index (χ0v) is 17.4. The van der Waals surface area contributed by atoms with Crippen molar-refractivity contribution in [2.24, 2.45) is 0 Å². The van der Waals surface area contributed by atoms with E-state index in [1.54, 1.807) is 49.1 Å². The number of benzene rings is 2. The summed E-state index contributed by atoms with van der Waals surface area (Å²) in [6.07, 6.45) is 3.16. The Labute approximate surface area is 182 Å². The third-order valence-corrected chi connectivity index (χ3v) is 4.95. The predicted molar refractivity (Wildman–Crippen MR) is 116 cm³/mol. The summed E-state index contributed by atoms with van der Waals surface area (Å²) in [5, 5.41) is 20.9. The molecule has 164 valence electrons.